The second-order valence-electron chi connectivity index (χ2n) is 7.46. The fraction of sp³-hybridized carbons (Fsp3) is 0.273. The number of nitriles is 1. The van der Waals surface area contributed by atoms with Crippen LogP contribution in [-0.2, 0) is 11.3 Å². The Morgan fingerprint density at radius 3 is 2.52 bits per heavy atom. The molecule has 2 aromatic carbocycles. The van der Waals surface area contributed by atoms with Gasteiger partial charge in [0.2, 0.25) is 0 Å². The Bertz CT molecular complexity index is 1020. The number of nitrogens with one attached hydrogen (secondary N) is 1. The van der Waals surface area contributed by atoms with Crippen molar-refractivity contribution in [1.29, 1.82) is 5.26 Å². The third-order valence-electron chi connectivity index (χ3n) is 4.23. The summed E-state index contributed by atoms with van der Waals surface area (Å²) in [4.78, 5) is 12.7. The van der Waals surface area contributed by atoms with Gasteiger partial charge in [-0.1, -0.05) is 30.3 Å². The van der Waals surface area contributed by atoms with Crippen LogP contribution in [0.4, 0.5) is 10.5 Å². The first-order chi connectivity index (χ1) is 12.8. The zero-order valence-corrected chi connectivity index (χ0v) is 16.0. The fourth-order valence-electron chi connectivity index (χ4n) is 3.01. The summed E-state index contributed by atoms with van der Waals surface area (Å²) >= 11 is 0. The molecular weight excluding hydrogens is 338 g/mol. The lowest BCUT2D eigenvalue weighted by atomic mass is 10.1. The van der Waals surface area contributed by atoms with Crippen LogP contribution in [0, 0.1) is 18.3 Å². The molecule has 0 saturated carbocycles. The lowest BCUT2D eigenvalue weighted by Crippen LogP contribution is -2.27. The summed E-state index contributed by atoms with van der Waals surface area (Å²) in [5.74, 6) is 0. The maximum atomic E-state index is 12.7. The van der Waals surface area contributed by atoms with Gasteiger partial charge in [0.25, 0.3) is 0 Å². The van der Waals surface area contributed by atoms with Crippen molar-refractivity contribution in [3.05, 3.63) is 65.4 Å². The van der Waals surface area contributed by atoms with Gasteiger partial charge in [-0.3, -0.25) is 0 Å². The summed E-state index contributed by atoms with van der Waals surface area (Å²) in [6, 6.07) is 18.0. The van der Waals surface area contributed by atoms with Gasteiger partial charge < -0.3 is 10.1 Å². The number of fused-ring (bicyclic) bond motifs is 1. The van der Waals surface area contributed by atoms with Crippen molar-refractivity contribution in [2.75, 3.05) is 5.32 Å². The van der Waals surface area contributed by atoms with Crippen LogP contribution in [0.15, 0.2) is 48.5 Å². The van der Waals surface area contributed by atoms with E-state index in [4.69, 9.17) is 4.74 Å². The Morgan fingerprint density at radius 1 is 1.19 bits per heavy atom. The zero-order valence-electron chi connectivity index (χ0n) is 16.0. The quantitative estimate of drug-likeness (QED) is 0.695. The lowest BCUT2D eigenvalue weighted by molar-refractivity contribution is 0.0541. The number of hydrogen-bond acceptors (Lipinski definition) is 4. The maximum absolute atomic E-state index is 12.7. The van der Waals surface area contributed by atoms with Crippen molar-refractivity contribution in [2.45, 2.75) is 39.8 Å². The minimum atomic E-state index is -0.615. The highest BCUT2D eigenvalue weighted by molar-refractivity contribution is 5.97. The molecule has 1 aromatic heterocycles. The molecule has 0 aliphatic carbocycles. The van der Waals surface area contributed by atoms with Crippen LogP contribution in [0.5, 0.6) is 0 Å². The molecule has 1 heterocycles. The Kier molecular flexibility index (Phi) is 4.91. The van der Waals surface area contributed by atoms with Gasteiger partial charge in [-0.15, -0.1) is 0 Å². The molecule has 3 rings (SSSR count). The van der Waals surface area contributed by atoms with E-state index in [0.717, 1.165) is 16.6 Å². The predicted octanol–water partition coefficient (Wildman–Crippen LogP) is 5.22. The highest BCUT2D eigenvalue weighted by atomic mass is 16.6. The van der Waals surface area contributed by atoms with Crippen molar-refractivity contribution in [3.63, 3.8) is 0 Å². The summed E-state index contributed by atoms with van der Waals surface area (Å²) in [6.45, 7) is 7.90. The molecule has 0 amide bonds. The molecule has 0 bridgehead atoms. The molecular formula is C22H23N3O2. The number of rotatable bonds is 3. The SMILES string of the molecule is Cc1c(C#N)c2ccc(NCc3ccccc3)cc2n1C(=O)OC(C)(C)C. The van der Waals surface area contributed by atoms with Gasteiger partial charge in [0, 0.05) is 23.3 Å². The lowest BCUT2D eigenvalue weighted by Gasteiger charge is -2.20. The first-order valence-electron chi connectivity index (χ1n) is 8.86. The molecule has 0 aliphatic rings. The van der Waals surface area contributed by atoms with Gasteiger partial charge in [-0.2, -0.15) is 5.26 Å². The molecule has 0 fully saturated rings. The topological polar surface area (TPSA) is 67.0 Å². The van der Waals surface area contributed by atoms with Crippen molar-refractivity contribution < 1.29 is 9.53 Å². The van der Waals surface area contributed by atoms with Crippen molar-refractivity contribution >= 4 is 22.7 Å². The molecule has 0 radical (unpaired) electrons. The second-order valence-corrected chi connectivity index (χ2v) is 7.46. The van der Waals surface area contributed by atoms with Gasteiger partial charge in [0.05, 0.1) is 11.1 Å². The second kappa shape index (κ2) is 7.16. The number of anilines is 1. The zero-order chi connectivity index (χ0) is 19.6. The Hall–Kier alpha value is -3.26. The standard InChI is InChI=1S/C22H23N3O2/c1-15-19(13-23)18-11-10-17(24-14-16-8-6-5-7-9-16)12-20(18)25(15)21(26)27-22(2,3)4/h5-12,24H,14H2,1-4H3. The van der Waals surface area contributed by atoms with E-state index >= 15 is 0 Å². The molecule has 5 nitrogen and oxygen atoms in total. The van der Waals surface area contributed by atoms with Crippen LogP contribution in [0.3, 0.4) is 0 Å². The smallest absolute Gasteiger partial charge is 0.419 e. The third kappa shape index (κ3) is 3.95. The summed E-state index contributed by atoms with van der Waals surface area (Å²) < 4.78 is 7.01. The number of hydrogen-bond donors (Lipinski definition) is 1. The van der Waals surface area contributed by atoms with Crippen molar-refractivity contribution in [3.8, 4) is 6.07 Å². The molecule has 5 heteroatoms. The summed E-state index contributed by atoms with van der Waals surface area (Å²) in [6.07, 6.45) is -0.480. The van der Waals surface area contributed by atoms with E-state index in [2.05, 4.69) is 11.4 Å². The molecule has 0 aliphatic heterocycles. The van der Waals surface area contributed by atoms with Gasteiger partial charge >= 0.3 is 6.09 Å². The van der Waals surface area contributed by atoms with Crippen LogP contribution in [0.25, 0.3) is 10.9 Å². The average Bonchev–Trinajstić information content (AvgIpc) is 2.90. The number of ether oxygens (including phenoxy) is 1. The normalized spacial score (nSPS) is 11.2. The van der Waals surface area contributed by atoms with E-state index in [0.29, 0.717) is 23.3 Å². The summed E-state index contributed by atoms with van der Waals surface area (Å²) in [5, 5.41) is 13.6. The minimum absolute atomic E-state index is 0.480. The van der Waals surface area contributed by atoms with Crippen LogP contribution in [0.2, 0.25) is 0 Å². The van der Waals surface area contributed by atoms with E-state index in [9.17, 15) is 10.1 Å². The molecule has 1 N–H and O–H groups in total. The van der Waals surface area contributed by atoms with Gasteiger partial charge in [-0.05, 0) is 51.5 Å². The van der Waals surface area contributed by atoms with Crippen LogP contribution < -0.4 is 5.32 Å². The Balaban J connectivity index is 2.00. The molecule has 27 heavy (non-hydrogen) atoms. The van der Waals surface area contributed by atoms with E-state index in [1.165, 1.54) is 4.57 Å². The number of benzene rings is 2. The molecule has 0 saturated heterocycles. The molecule has 138 valence electrons. The average molecular weight is 361 g/mol. The Labute approximate surface area is 159 Å². The highest BCUT2D eigenvalue weighted by Crippen LogP contribution is 2.29. The first kappa shape index (κ1) is 18.5. The van der Waals surface area contributed by atoms with Crippen LogP contribution in [0.1, 0.15) is 37.6 Å². The van der Waals surface area contributed by atoms with Gasteiger partial charge in [0.15, 0.2) is 0 Å². The number of carbonyl (C=O) groups is 1. The largest absolute Gasteiger partial charge is 0.443 e. The van der Waals surface area contributed by atoms with Crippen molar-refractivity contribution in [1.82, 2.24) is 4.57 Å². The van der Waals surface area contributed by atoms with E-state index in [1.54, 1.807) is 6.92 Å². The molecule has 0 unspecified atom stereocenters. The van der Waals surface area contributed by atoms with E-state index < -0.39 is 11.7 Å². The number of carbonyl (C=O) groups excluding carboxylic acids is 1. The van der Waals surface area contributed by atoms with Crippen molar-refractivity contribution in [2.24, 2.45) is 0 Å². The Morgan fingerprint density at radius 2 is 1.89 bits per heavy atom. The number of aromatic nitrogens is 1. The van der Waals surface area contributed by atoms with E-state index in [-0.39, 0.29) is 0 Å². The van der Waals surface area contributed by atoms with Gasteiger partial charge in [0.1, 0.15) is 11.7 Å². The monoisotopic (exact) mass is 361 g/mol. The molecule has 3 aromatic rings. The van der Waals surface area contributed by atoms with Gasteiger partial charge in [-0.25, -0.2) is 9.36 Å². The van der Waals surface area contributed by atoms with Crippen LogP contribution >= 0.6 is 0 Å². The molecule has 0 spiro atoms. The third-order valence-corrected chi connectivity index (χ3v) is 4.23. The molecule has 0 atom stereocenters. The summed E-state index contributed by atoms with van der Waals surface area (Å²) in [5.41, 5.74) is 3.16. The maximum Gasteiger partial charge on any atom is 0.419 e. The number of nitrogens with zero attached hydrogens (tertiary/aromatic N) is 2. The highest BCUT2D eigenvalue weighted by Gasteiger charge is 2.24. The predicted molar refractivity (Wildman–Crippen MR) is 107 cm³/mol. The fourth-order valence-corrected chi connectivity index (χ4v) is 3.01. The summed E-state index contributed by atoms with van der Waals surface area (Å²) in [7, 11) is 0. The minimum Gasteiger partial charge on any atom is -0.443 e. The van der Waals surface area contributed by atoms with E-state index in [1.807, 2.05) is 69.3 Å². The van der Waals surface area contributed by atoms with Crippen LogP contribution in [-0.4, -0.2) is 16.3 Å². The first-order valence-corrected chi connectivity index (χ1v) is 8.86.